The van der Waals surface area contributed by atoms with Gasteiger partial charge in [-0.25, -0.2) is 18.0 Å². The Labute approximate surface area is 158 Å². The number of esters is 1. The van der Waals surface area contributed by atoms with E-state index in [0.717, 1.165) is 13.0 Å². The molecular formula is C19H17F3N2O4. The largest absolute Gasteiger partial charge is 0.462 e. The molecule has 2 rings (SSSR count). The van der Waals surface area contributed by atoms with E-state index in [1.807, 2.05) is 0 Å². The monoisotopic (exact) mass is 394 g/mol. The number of carbonyl (C=O) groups excluding carboxylic acids is 3. The van der Waals surface area contributed by atoms with Crippen LogP contribution in [0.15, 0.2) is 36.4 Å². The van der Waals surface area contributed by atoms with E-state index in [1.165, 1.54) is 24.3 Å². The van der Waals surface area contributed by atoms with Crippen LogP contribution in [-0.2, 0) is 14.3 Å². The van der Waals surface area contributed by atoms with Gasteiger partial charge in [0.25, 0.3) is 0 Å². The summed E-state index contributed by atoms with van der Waals surface area (Å²) in [6, 6.07) is 7.30. The summed E-state index contributed by atoms with van der Waals surface area (Å²) in [5, 5.41) is 2.47. The summed E-state index contributed by atoms with van der Waals surface area (Å²) in [6.45, 7) is 2.32. The van der Waals surface area contributed by atoms with Crippen molar-refractivity contribution in [1.29, 1.82) is 0 Å². The Morgan fingerprint density at radius 2 is 1.64 bits per heavy atom. The van der Waals surface area contributed by atoms with Gasteiger partial charge in [0.05, 0.1) is 17.9 Å². The van der Waals surface area contributed by atoms with Gasteiger partial charge in [0.2, 0.25) is 11.8 Å². The van der Waals surface area contributed by atoms with Crippen molar-refractivity contribution in [2.45, 2.75) is 13.8 Å². The van der Waals surface area contributed by atoms with Gasteiger partial charge in [-0.15, -0.1) is 0 Å². The summed E-state index contributed by atoms with van der Waals surface area (Å²) in [5.41, 5.74) is 0.0422. The van der Waals surface area contributed by atoms with E-state index in [0.29, 0.717) is 16.7 Å². The van der Waals surface area contributed by atoms with Crippen LogP contribution in [-0.4, -0.2) is 30.9 Å². The molecule has 0 radical (unpaired) electrons. The maximum Gasteiger partial charge on any atom is 0.338 e. The number of rotatable bonds is 6. The molecule has 6 nitrogen and oxygen atoms in total. The fraction of sp³-hybridized carbons (Fsp3) is 0.211. The van der Waals surface area contributed by atoms with Crippen molar-refractivity contribution in [1.82, 2.24) is 0 Å². The first-order valence-electron chi connectivity index (χ1n) is 8.23. The van der Waals surface area contributed by atoms with Gasteiger partial charge in [-0.2, -0.15) is 0 Å². The molecule has 148 valence electrons. The zero-order valence-corrected chi connectivity index (χ0v) is 15.1. The summed E-state index contributed by atoms with van der Waals surface area (Å²) < 4.78 is 45.3. The average molecular weight is 394 g/mol. The molecule has 0 saturated carbocycles. The van der Waals surface area contributed by atoms with Crippen LogP contribution in [0.4, 0.5) is 24.5 Å². The quantitative estimate of drug-likeness (QED) is 0.603. The number of benzene rings is 2. The fourth-order valence-corrected chi connectivity index (χ4v) is 2.34. The molecule has 2 amide bonds. The maximum atomic E-state index is 13.9. The highest BCUT2D eigenvalue weighted by atomic mass is 19.2. The summed E-state index contributed by atoms with van der Waals surface area (Å²) >= 11 is 0. The molecule has 28 heavy (non-hydrogen) atoms. The van der Waals surface area contributed by atoms with Gasteiger partial charge in [0.15, 0.2) is 17.5 Å². The number of nitrogens with zero attached hydrogens (tertiary/aromatic N) is 1. The van der Waals surface area contributed by atoms with Gasteiger partial charge >= 0.3 is 5.97 Å². The van der Waals surface area contributed by atoms with Gasteiger partial charge in [0, 0.05) is 12.6 Å². The zero-order chi connectivity index (χ0) is 20.8. The molecule has 0 unspecified atom stereocenters. The zero-order valence-electron chi connectivity index (χ0n) is 15.1. The van der Waals surface area contributed by atoms with Crippen LogP contribution in [0.3, 0.4) is 0 Å². The van der Waals surface area contributed by atoms with E-state index in [4.69, 9.17) is 4.74 Å². The number of carbonyl (C=O) groups is 3. The predicted octanol–water partition coefficient (Wildman–Crippen LogP) is 3.27. The second-order valence-corrected chi connectivity index (χ2v) is 5.65. The lowest BCUT2D eigenvalue weighted by molar-refractivity contribution is -0.120. The molecule has 0 aliphatic rings. The summed E-state index contributed by atoms with van der Waals surface area (Å²) in [5.74, 6) is -6.67. The summed E-state index contributed by atoms with van der Waals surface area (Å²) in [6.07, 6.45) is 0. The van der Waals surface area contributed by atoms with Crippen LogP contribution in [0.5, 0.6) is 0 Å². The first kappa shape index (κ1) is 20.9. The molecule has 2 aromatic rings. The highest BCUT2D eigenvalue weighted by Gasteiger charge is 2.23. The Bertz CT molecular complexity index is 901. The molecule has 0 aliphatic heterocycles. The van der Waals surface area contributed by atoms with Gasteiger partial charge in [-0.05, 0) is 43.3 Å². The molecule has 0 aromatic heterocycles. The Balaban J connectivity index is 2.12. The van der Waals surface area contributed by atoms with E-state index in [9.17, 15) is 27.6 Å². The molecule has 0 fully saturated rings. The van der Waals surface area contributed by atoms with Crippen molar-refractivity contribution in [3.8, 4) is 0 Å². The number of hydrogen-bond donors (Lipinski definition) is 1. The normalized spacial score (nSPS) is 10.3. The van der Waals surface area contributed by atoms with E-state index < -0.39 is 47.5 Å². The third-order valence-corrected chi connectivity index (χ3v) is 3.67. The molecule has 0 atom stereocenters. The number of halogens is 3. The molecule has 2 aromatic carbocycles. The maximum absolute atomic E-state index is 13.9. The molecule has 0 heterocycles. The van der Waals surface area contributed by atoms with Crippen molar-refractivity contribution in [2.24, 2.45) is 0 Å². The first-order valence-corrected chi connectivity index (χ1v) is 8.23. The Morgan fingerprint density at radius 1 is 1.00 bits per heavy atom. The smallest absolute Gasteiger partial charge is 0.338 e. The molecule has 0 saturated heterocycles. The second kappa shape index (κ2) is 9.03. The number of anilines is 2. The topological polar surface area (TPSA) is 75.7 Å². The predicted molar refractivity (Wildman–Crippen MR) is 95.4 cm³/mol. The lowest BCUT2D eigenvalue weighted by atomic mass is 10.2. The minimum Gasteiger partial charge on any atom is -0.462 e. The lowest BCUT2D eigenvalue weighted by Crippen LogP contribution is -2.37. The Morgan fingerprint density at radius 3 is 2.21 bits per heavy atom. The third kappa shape index (κ3) is 4.87. The first-order chi connectivity index (χ1) is 13.2. The minimum atomic E-state index is -1.74. The average Bonchev–Trinajstić information content (AvgIpc) is 2.65. The molecule has 9 heteroatoms. The Kier molecular flexibility index (Phi) is 6.75. The van der Waals surface area contributed by atoms with Crippen molar-refractivity contribution in [2.75, 3.05) is 23.4 Å². The third-order valence-electron chi connectivity index (χ3n) is 3.67. The number of ether oxygens (including phenoxy) is 1. The van der Waals surface area contributed by atoms with Crippen LogP contribution in [0, 0.1) is 17.5 Å². The highest BCUT2D eigenvalue weighted by molar-refractivity contribution is 6.02. The molecule has 1 N–H and O–H groups in total. The fourth-order valence-electron chi connectivity index (χ4n) is 2.34. The van der Waals surface area contributed by atoms with Crippen LogP contribution in [0.1, 0.15) is 24.2 Å². The number of amides is 2. The van der Waals surface area contributed by atoms with Crippen molar-refractivity contribution >= 4 is 29.2 Å². The van der Waals surface area contributed by atoms with Crippen LogP contribution < -0.4 is 10.2 Å². The SMILES string of the molecule is CCOC(=O)c1ccc(NC(=O)CN(C(C)=O)c2ccc(F)c(F)c2F)cc1. The van der Waals surface area contributed by atoms with Crippen molar-refractivity contribution < 1.29 is 32.3 Å². The number of hydrogen-bond acceptors (Lipinski definition) is 4. The minimum absolute atomic E-state index is 0.221. The van der Waals surface area contributed by atoms with Crippen molar-refractivity contribution in [3.05, 3.63) is 59.4 Å². The lowest BCUT2D eigenvalue weighted by Gasteiger charge is -2.21. The molecule has 0 bridgehead atoms. The number of nitrogens with one attached hydrogen (secondary N) is 1. The van der Waals surface area contributed by atoms with Gasteiger partial charge in [-0.1, -0.05) is 0 Å². The van der Waals surface area contributed by atoms with Gasteiger partial charge in [0.1, 0.15) is 6.54 Å². The van der Waals surface area contributed by atoms with Crippen molar-refractivity contribution in [3.63, 3.8) is 0 Å². The van der Waals surface area contributed by atoms with E-state index in [-0.39, 0.29) is 12.2 Å². The second-order valence-electron chi connectivity index (χ2n) is 5.65. The van der Waals surface area contributed by atoms with E-state index >= 15 is 0 Å². The van der Waals surface area contributed by atoms with Crippen LogP contribution in [0.25, 0.3) is 0 Å². The summed E-state index contributed by atoms with van der Waals surface area (Å²) in [7, 11) is 0. The standard InChI is InChI=1S/C19H17F3N2O4/c1-3-28-19(27)12-4-6-13(7-5-12)23-16(26)10-24(11(2)25)15-9-8-14(20)17(21)18(15)22/h4-9H,3,10H2,1-2H3,(H,23,26). The Hall–Kier alpha value is -3.36. The van der Waals surface area contributed by atoms with Crippen LogP contribution >= 0.6 is 0 Å². The summed E-state index contributed by atoms with van der Waals surface area (Å²) in [4.78, 5) is 36.2. The van der Waals surface area contributed by atoms with E-state index in [2.05, 4.69) is 5.32 Å². The van der Waals surface area contributed by atoms with Crippen LogP contribution in [0.2, 0.25) is 0 Å². The van der Waals surface area contributed by atoms with Gasteiger partial charge < -0.3 is 15.0 Å². The highest BCUT2D eigenvalue weighted by Crippen LogP contribution is 2.24. The van der Waals surface area contributed by atoms with Gasteiger partial charge in [-0.3, -0.25) is 9.59 Å². The molecule has 0 spiro atoms. The molecular weight excluding hydrogens is 377 g/mol. The molecule has 0 aliphatic carbocycles. The van der Waals surface area contributed by atoms with E-state index in [1.54, 1.807) is 6.92 Å².